The molecule has 1 aliphatic carbocycles. The Morgan fingerprint density at radius 3 is 2.13 bits per heavy atom. The zero-order valence-electron chi connectivity index (χ0n) is 28.2. The molecule has 1 fully saturated rings. The van der Waals surface area contributed by atoms with E-state index < -0.39 is 11.6 Å². The molecular weight excluding hydrogens is 578 g/mol. The molecule has 0 spiro atoms. The van der Waals surface area contributed by atoms with Crippen molar-refractivity contribution < 1.29 is 13.6 Å². The highest BCUT2D eigenvalue weighted by atomic mass is 19.2. The van der Waals surface area contributed by atoms with Crippen LogP contribution in [0.3, 0.4) is 0 Å². The summed E-state index contributed by atoms with van der Waals surface area (Å²) in [4.78, 5) is 17.2. The molecule has 1 saturated carbocycles. The molecule has 2 aromatic carbocycles. The van der Waals surface area contributed by atoms with E-state index in [2.05, 4.69) is 35.1 Å². The van der Waals surface area contributed by atoms with Gasteiger partial charge >= 0.3 is 0 Å². The van der Waals surface area contributed by atoms with E-state index in [-0.39, 0.29) is 24.5 Å². The second kappa shape index (κ2) is 24.9. The van der Waals surface area contributed by atoms with Gasteiger partial charge in [-0.25, -0.2) is 8.78 Å². The summed E-state index contributed by atoms with van der Waals surface area (Å²) >= 11 is 0. The second-order valence-electron chi connectivity index (χ2n) is 10.6. The topological polar surface area (TPSA) is 77.3 Å². The minimum absolute atomic E-state index is 0. The molecule has 1 aliphatic rings. The van der Waals surface area contributed by atoms with Gasteiger partial charge in [0.2, 0.25) is 0 Å². The van der Waals surface area contributed by atoms with Crippen molar-refractivity contribution in [3.8, 4) is 12.8 Å². The maximum atomic E-state index is 14.3. The highest BCUT2D eigenvalue weighted by Gasteiger charge is 2.17. The standard InChI is InChI=1S/C30H37F2N3O.C4H8.C2H5N.C2H2.CH4/c1-6-24-16-25(13-15-27(24)30(36)34-18-23-10-8-7-9-11-23)35-22(5)21(4)33-17-20(3)26-14-12-19(2)28(31)29(26)32;1-3-4-2;1-2-3;1-2;/h12-17,23,35H,5-11,18H2,1-4H3,(H,34,36);3-4H,1-2H3;2-3H,1H3;1-2H;1H4/b20-17+,33-21?;4-3-;;;. The third-order valence-corrected chi connectivity index (χ3v) is 7.22. The van der Waals surface area contributed by atoms with Gasteiger partial charge in [-0.05, 0) is 108 Å². The van der Waals surface area contributed by atoms with E-state index in [4.69, 9.17) is 5.41 Å². The Bertz CT molecular complexity index is 1350. The van der Waals surface area contributed by atoms with E-state index in [9.17, 15) is 13.6 Å². The van der Waals surface area contributed by atoms with Gasteiger partial charge in [-0.15, -0.1) is 12.8 Å². The van der Waals surface area contributed by atoms with Crippen molar-refractivity contribution in [2.75, 3.05) is 11.9 Å². The molecule has 252 valence electrons. The van der Waals surface area contributed by atoms with E-state index in [1.54, 1.807) is 32.9 Å². The number of terminal acetylenes is 1. The van der Waals surface area contributed by atoms with Crippen molar-refractivity contribution >= 4 is 29.1 Å². The molecule has 0 saturated heterocycles. The molecule has 0 radical (unpaired) electrons. The Kier molecular flexibility index (Phi) is 23.8. The van der Waals surface area contributed by atoms with E-state index in [1.165, 1.54) is 51.4 Å². The summed E-state index contributed by atoms with van der Waals surface area (Å²) in [6, 6.07) is 8.76. The van der Waals surface area contributed by atoms with Gasteiger partial charge in [0, 0.05) is 29.6 Å². The molecular formula is C39H56F2N4O. The fourth-order valence-electron chi connectivity index (χ4n) is 4.47. The zero-order valence-corrected chi connectivity index (χ0v) is 28.2. The Hall–Kier alpha value is -4.31. The first-order valence-corrected chi connectivity index (χ1v) is 15.4. The van der Waals surface area contributed by atoms with Crippen molar-refractivity contribution in [2.24, 2.45) is 10.9 Å². The normalized spacial score (nSPS) is 12.9. The summed E-state index contributed by atoms with van der Waals surface area (Å²) < 4.78 is 28.2. The molecule has 3 N–H and O–H groups in total. The molecule has 0 atom stereocenters. The van der Waals surface area contributed by atoms with Crippen molar-refractivity contribution in [3.05, 3.63) is 94.8 Å². The number of nitrogens with one attached hydrogen (secondary N) is 3. The average molecular weight is 635 g/mol. The van der Waals surface area contributed by atoms with Crippen LogP contribution >= 0.6 is 0 Å². The highest BCUT2D eigenvalue weighted by molar-refractivity contribution is 6.01. The maximum Gasteiger partial charge on any atom is 0.251 e. The summed E-state index contributed by atoms with van der Waals surface area (Å²) in [5.74, 6) is -1.16. The zero-order chi connectivity index (χ0) is 34.4. The number of halogens is 2. The third-order valence-electron chi connectivity index (χ3n) is 7.22. The minimum atomic E-state index is -0.872. The number of carbonyl (C=O) groups excluding carboxylic acids is 1. The monoisotopic (exact) mass is 634 g/mol. The van der Waals surface area contributed by atoms with Crippen LogP contribution in [-0.2, 0) is 6.42 Å². The minimum Gasteiger partial charge on any atom is -0.355 e. The van der Waals surface area contributed by atoms with Gasteiger partial charge in [-0.3, -0.25) is 9.79 Å². The summed E-state index contributed by atoms with van der Waals surface area (Å²) in [6.07, 6.45) is 21.7. The van der Waals surface area contributed by atoms with Crippen LogP contribution in [0, 0.1) is 42.7 Å². The lowest BCUT2D eigenvalue weighted by Gasteiger charge is -2.22. The lowest BCUT2D eigenvalue weighted by Crippen LogP contribution is -2.30. The van der Waals surface area contributed by atoms with Crippen LogP contribution < -0.4 is 10.6 Å². The van der Waals surface area contributed by atoms with Gasteiger partial charge < -0.3 is 16.0 Å². The van der Waals surface area contributed by atoms with Crippen molar-refractivity contribution in [1.82, 2.24) is 5.32 Å². The van der Waals surface area contributed by atoms with E-state index in [0.29, 0.717) is 28.5 Å². The molecule has 2 aromatic rings. The molecule has 0 aromatic heterocycles. The molecule has 1 amide bonds. The quantitative estimate of drug-likeness (QED) is 0.146. The molecule has 7 heteroatoms. The van der Waals surface area contributed by atoms with Gasteiger partial charge in [0.1, 0.15) is 0 Å². The van der Waals surface area contributed by atoms with Crippen molar-refractivity contribution in [2.45, 2.75) is 94.4 Å². The van der Waals surface area contributed by atoms with Crippen LogP contribution in [0.1, 0.15) is 108 Å². The summed E-state index contributed by atoms with van der Waals surface area (Å²) in [6.45, 7) is 17.5. The Balaban J connectivity index is 0. The number of allylic oxidation sites excluding steroid dienone is 4. The molecule has 0 bridgehead atoms. The number of hydrogen-bond donors (Lipinski definition) is 3. The second-order valence-corrected chi connectivity index (χ2v) is 10.6. The maximum absolute atomic E-state index is 14.3. The predicted octanol–water partition coefficient (Wildman–Crippen LogP) is 10.7. The average Bonchev–Trinajstić information content (AvgIpc) is 3.06. The third kappa shape index (κ3) is 15.1. The van der Waals surface area contributed by atoms with Crippen molar-refractivity contribution in [3.63, 3.8) is 0 Å². The van der Waals surface area contributed by atoms with Gasteiger partial charge in [0.05, 0.1) is 11.4 Å². The molecule has 3 rings (SSSR count). The van der Waals surface area contributed by atoms with Crippen LogP contribution in [-0.4, -0.2) is 24.4 Å². The van der Waals surface area contributed by atoms with E-state index >= 15 is 0 Å². The number of anilines is 1. The van der Waals surface area contributed by atoms with Gasteiger partial charge in [-0.2, -0.15) is 0 Å². The highest BCUT2D eigenvalue weighted by Crippen LogP contribution is 2.24. The van der Waals surface area contributed by atoms with E-state index in [1.807, 2.05) is 51.1 Å². The number of carbonyl (C=O) groups is 1. The van der Waals surface area contributed by atoms with Crippen LogP contribution in [0.25, 0.3) is 5.57 Å². The number of nitrogens with zero attached hydrogens (tertiary/aromatic N) is 1. The first-order valence-electron chi connectivity index (χ1n) is 15.4. The fourth-order valence-corrected chi connectivity index (χ4v) is 4.47. The molecule has 46 heavy (non-hydrogen) atoms. The molecule has 0 aliphatic heterocycles. The largest absolute Gasteiger partial charge is 0.355 e. The number of amides is 1. The van der Waals surface area contributed by atoms with Crippen LogP contribution in [0.2, 0.25) is 0 Å². The number of rotatable bonds is 9. The predicted molar refractivity (Wildman–Crippen MR) is 197 cm³/mol. The van der Waals surface area contributed by atoms with Gasteiger partial charge in [-0.1, -0.05) is 64.5 Å². The molecule has 0 unspecified atom stereocenters. The van der Waals surface area contributed by atoms with Gasteiger partial charge in [0.15, 0.2) is 11.6 Å². The van der Waals surface area contributed by atoms with Crippen LogP contribution in [0.4, 0.5) is 14.5 Å². The number of aliphatic imine (C=N–C) groups is 1. The van der Waals surface area contributed by atoms with Crippen LogP contribution in [0.15, 0.2) is 66.0 Å². The first-order chi connectivity index (χ1) is 21.5. The van der Waals surface area contributed by atoms with Crippen molar-refractivity contribution in [1.29, 1.82) is 5.41 Å². The summed E-state index contributed by atoms with van der Waals surface area (Å²) in [7, 11) is 0. The van der Waals surface area contributed by atoms with E-state index in [0.717, 1.165) is 24.2 Å². The molecule has 0 heterocycles. The lowest BCUT2D eigenvalue weighted by molar-refractivity contribution is 0.0942. The SMILES string of the molecule is C.C#C.C/C=C\C.C=C(Nc1ccc(C(=O)NCC2CCCCC2)c(CC)c1)C(C)=N/C=C(\C)c1ccc(C)c(F)c1F.CC=N. The smallest absolute Gasteiger partial charge is 0.251 e. The first kappa shape index (κ1) is 43.8. The number of hydrogen-bond acceptors (Lipinski definition) is 4. The lowest BCUT2D eigenvalue weighted by atomic mass is 9.89. The molecule has 5 nitrogen and oxygen atoms in total. The number of aryl methyl sites for hydroxylation is 2. The van der Waals surface area contributed by atoms with Gasteiger partial charge in [0.25, 0.3) is 5.91 Å². The summed E-state index contributed by atoms with van der Waals surface area (Å²) in [5.41, 5.74) is 4.59. The number of benzene rings is 2. The summed E-state index contributed by atoms with van der Waals surface area (Å²) in [5, 5.41) is 12.4. The Morgan fingerprint density at radius 2 is 1.59 bits per heavy atom. The Morgan fingerprint density at radius 1 is 1.02 bits per heavy atom. The van der Waals surface area contributed by atoms with Crippen LogP contribution in [0.5, 0.6) is 0 Å². The fraction of sp³-hybridized carbons (Fsp3) is 0.410. The Labute approximate surface area is 277 Å².